The smallest absolute Gasteiger partial charge is 0.240 e. The molecule has 0 spiro atoms. The van der Waals surface area contributed by atoms with Crippen LogP contribution in [0.4, 0.5) is 0 Å². The summed E-state index contributed by atoms with van der Waals surface area (Å²) in [6.45, 7) is 2.34. The first-order chi connectivity index (χ1) is 8.73. The van der Waals surface area contributed by atoms with Gasteiger partial charge in [-0.2, -0.15) is 5.26 Å². The van der Waals surface area contributed by atoms with Crippen LogP contribution >= 0.6 is 0 Å². The van der Waals surface area contributed by atoms with E-state index in [2.05, 4.69) is 16.3 Å². The molecule has 0 bridgehead atoms. The second-order valence-electron chi connectivity index (χ2n) is 6.07. The van der Waals surface area contributed by atoms with Crippen molar-refractivity contribution in [2.45, 2.75) is 57.0 Å². The molecule has 0 radical (unpaired) electrons. The Hall–Kier alpha value is -1.08. The molecule has 4 heteroatoms. The van der Waals surface area contributed by atoms with Crippen molar-refractivity contribution in [3.8, 4) is 6.07 Å². The lowest BCUT2D eigenvalue weighted by Crippen LogP contribution is -2.52. The van der Waals surface area contributed by atoms with Crippen LogP contribution in [0.5, 0.6) is 0 Å². The number of nitrogens with zero attached hydrogens (tertiary/aromatic N) is 2. The van der Waals surface area contributed by atoms with Crippen LogP contribution in [-0.2, 0) is 4.79 Å². The van der Waals surface area contributed by atoms with Crippen molar-refractivity contribution in [2.24, 2.45) is 5.41 Å². The lowest BCUT2D eigenvalue weighted by atomic mass is 9.69. The van der Waals surface area contributed by atoms with E-state index in [9.17, 15) is 4.79 Å². The standard InChI is InChI=1S/C14H21N3O/c15-10-14(5-2-6-14)13(18)16-11-4-8-17-7-1-3-12(17)9-11/h11-12H,1-9H2,(H,16,18). The Balaban J connectivity index is 1.57. The summed E-state index contributed by atoms with van der Waals surface area (Å²) >= 11 is 0. The predicted molar refractivity (Wildman–Crippen MR) is 67.7 cm³/mol. The lowest BCUT2D eigenvalue weighted by Gasteiger charge is -2.39. The van der Waals surface area contributed by atoms with Gasteiger partial charge in [0, 0.05) is 18.6 Å². The highest BCUT2D eigenvalue weighted by atomic mass is 16.2. The van der Waals surface area contributed by atoms with Crippen LogP contribution in [0.1, 0.15) is 44.9 Å². The minimum Gasteiger partial charge on any atom is -0.352 e. The van der Waals surface area contributed by atoms with Crippen LogP contribution in [0.2, 0.25) is 0 Å². The van der Waals surface area contributed by atoms with Crippen LogP contribution in [0.15, 0.2) is 0 Å². The van der Waals surface area contributed by atoms with Gasteiger partial charge in [-0.3, -0.25) is 4.79 Å². The molecule has 2 unspecified atom stereocenters. The Bertz CT molecular complexity index is 383. The highest BCUT2D eigenvalue weighted by Crippen LogP contribution is 2.40. The zero-order valence-corrected chi connectivity index (χ0v) is 10.8. The minimum absolute atomic E-state index is 0.00676. The van der Waals surface area contributed by atoms with Gasteiger partial charge in [0.15, 0.2) is 0 Å². The molecule has 4 nitrogen and oxygen atoms in total. The number of nitrogens with one attached hydrogen (secondary N) is 1. The highest BCUT2D eigenvalue weighted by Gasteiger charge is 2.45. The fourth-order valence-corrected chi connectivity index (χ4v) is 3.60. The van der Waals surface area contributed by atoms with Crippen LogP contribution in [-0.4, -0.2) is 36.0 Å². The van der Waals surface area contributed by atoms with Crippen LogP contribution in [0.25, 0.3) is 0 Å². The number of hydrogen-bond donors (Lipinski definition) is 1. The van der Waals surface area contributed by atoms with Gasteiger partial charge in [0.05, 0.1) is 6.07 Å². The number of carbonyl (C=O) groups is 1. The largest absolute Gasteiger partial charge is 0.352 e. The Kier molecular flexibility index (Phi) is 3.03. The van der Waals surface area contributed by atoms with Crippen molar-refractivity contribution < 1.29 is 4.79 Å². The van der Waals surface area contributed by atoms with Crippen molar-refractivity contribution in [3.05, 3.63) is 0 Å². The number of carbonyl (C=O) groups excluding carboxylic acids is 1. The normalized spacial score (nSPS) is 34.2. The van der Waals surface area contributed by atoms with Crippen LogP contribution in [0, 0.1) is 16.7 Å². The van der Waals surface area contributed by atoms with Crippen molar-refractivity contribution in [3.63, 3.8) is 0 Å². The zero-order valence-electron chi connectivity index (χ0n) is 10.8. The Morgan fingerprint density at radius 3 is 2.78 bits per heavy atom. The van der Waals surface area contributed by atoms with Gasteiger partial charge in [0.25, 0.3) is 0 Å². The second kappa shape index (κ2) is 4.55. The number of piperidine rings is 1. The molecule has 0 aromatic heterocycles. The maximum absolute atomic E-state index is 12.2. The average molecular weight is 247 g/mol. The number of fused-ring (bicyclic) bond motifs is 1. The van der Waals surface area contributed by atoms with E-state index in [4.69, 9.17) is 5.26 Å². The van der Waals surface area contributed by atoms with Gasteiger partial charge in [-0.1, -0.05) is 0 Å². The summed E-state index contributed by atoms with van der Waals surface area (Å²) in [5.41, 5.74) is -0.688. The van der Waals surface area contributed by atoms with Gasteiger partial charge in [-0.15, -0.1) is 0 Å². The van der Waals surface area contributed by atoms with E-state index >= 15 is 0 Å². The van der Waals surface area contributed by atoms with E-state index in [1.54, 1.807) is 0 Å². The Morgan fingerprint density at radius 2 is 2.11 bits per heavy atom. The number of nitriles is 1. The first kappa shape index (κ1) is 12.0. The molecular formula is C14H21N3O. The third-order valence-corrected chi connectivity index (χ3v) is 5.01. The lowest BCUT2D eigenvalue weighted by molar-refractivity contribution is -0.132. The van der Waals surface area contributed by atoms with E-state index in [-0.39, 0.29) is 5.91 Å². The molecular weight excluding hydrogens is 226 g/mol. The van der Waals surface area contributed by atoms with Crippen molar-refractivity contribution in [1.29, 1.82) is 5.26 Å². The quantitative estimate of drug-likeness (QED) is 0.803. The van der Waals surface area contributed by atoms with Crippen molar-refractivity contribution in [1.82, 2.24) is 10.2 Å². The SMILES string of the molecule is N#CC1(C(=O)NC2CCN3CCCC3C2)CCC1. The first-order valence-corrected chi connectivity index (χ1v) is 7.20. The van der Waals surface area contributed by atoms with Gasteiger partial charge < -0.3 is 10.2 Å². The van der Waals surface area contributed by atoms with Gasteiger partial charge in [-0.05, 0) is 51.5 Å². The zero-order chi connectivity index (χ0) is 12.6. The monoisotopic (exact) mass is 247 g/mol. The van der Waals surface area contributed by atoms with E-state index in [1.807, 2.05) is 0 Å². The fraction of sp³-hybridized carbons (Fsp3) is 0.857. The van der Waals surface area contributed by atoms with Crippen LogP contribution in [0.3, 0.4) is 0 Å². The van der Waals surface area contributed by atoms with Gasteiger partial charge >= 0.3 is 0 Å². The fourth-order valence-electron chi connectivity index (χ4n) is 3.60. The summed E-state index contributed by atoms with van der Waals surface area (Å²) in [6.07, 6.45) is 7.21. The van der Waals surface area contributed by atoms with Gasteiger partial charge in [-0.25, -0.2) is 0 Å². The van der Waals surface area contributed by atoms with Crippen molar-refractivity contribution in [2.75, 3.05) is 13.1 Å². The third kappa shape index (κ3) is 1.91. The molecule has 1 N–H and O–H groups in total. The maximum atomic E-state index is 12.2. The summed E-state index contributed by atoms with van der Waals surface area (Å²) in [5, 5.41) is 12.3. The minimum atomic E-state index is -0.688. The van der Waals surface area contributed by atoms with Crippen molar-refractivity contribution >= 4 is 5.91 Å². The van der Waals surface area contributed by atoms with E-state index in [0.717, 1.165) is 38.6 Å². The molecule has 1 aliphatic carbocycles. The number of hydrogen-bond acceptors (Lipinski definition) is 3. The highest BCUT2D eigenvalue weighted by molar-refractivity contribution is 5.86. The molecule has 2 saturated heterocycles. The maximum Gasteiger partial charge on any atom is 0.240 e. The summed E-state index contributed by atoms with van der Waals surface area (Å²) in [5.74, 6) is -0.00676. The summed E-state index contributed by atoms with van der Waals surface area (Å²) in [7, 11) is 0. The summed E-state index contributed by atoms with van der Waals surface area (Å²) in [6, 6.07) is 3.19. The van der Waals surface area contributed by atoms with Gasteiger partial charge in [0.1, 0.15) is 5.41 Å². The van der Waals surface area contributed by atoms with E-state index in [1.165, 1.54) is 19.4 Å². The van der Waals surface area contributed by atoms with Crippen LogP contribution < -0.4 is 5.32 Å². The molecule has 3 aliphatic rings. The number of rotatable bonds is 2. The second-order valence-corrected chi connectivity index (χ2v) is 6.07. The molecule has 1 amide bonds. The molecule has 0 aromatic rings. The average Bonchev–Trinajstić information content (AvgIpc) is 2.75. The molecule has 0 aromatic carbocycles. The molecule has 2 aliphatic heterocycles. The Labute approximate surface area is 108 Å². The molecule has 2 heterocycles. The summed E-state index contributed by atoms with van der Waals surface area (Å²) < 4.78 is 0. The third-order valence-electron chi connectivity index (χ3n) is 5.01. The molecule has 3 fully saturated rings. The Morgan fingerprint density at radius 1 is 1.28 bits per heavy atom. The molecule has 2 atom stereocenters. The molecule has 98 valence electrons. The molecule has 18 heavy (non-hydrogen) atoms. The van der Waals surface area contributed by atoms with E-state index in [0.29, 0.717) is 12.1 Å². The summed E-state index contributed by atoms with van der Waals surface area (Å²) in [4.78, 5) is 14.7. The molecule has 3 rings (SSSR count). The molecule has 1 saturated carbocycles. The number of amides is 1. The first-order valence-electron chi connectivity index (χ1n) is 7.20. The van der Waals surface area contributed by atoms with E-state index < -0.39 is 5.41 Å². The van der Waals surface area contributed by atoms with Gasteiger partial charge in [0.2, 0.25) is 5.91 Å². The topological polar surface area (TPSA) is 56.1 Å². The predicted octanol–water partition coefficient (Wildman–Crippen LogP) is 1.42.